The molecule has 0 aliphatic carbocycles. The van der Waals surface area contributed by atoms with Crippen LogP contribution in [0.5, 0.6) is 0 Å². The van der Waals surface area contributed by atoms with Crippen molar-refractivity contribution in [3.8, 4) is 0 Å². The molecule has 0 spiro atoms. The zero-order valence-electron chi connectivity index (χ0n) is 12.3. The first-order chi connectivity index (χ1) is 10.5. The van der Waals surface area contributed by atoms with E-state index in [0.29, 0.717) is 5.56 Å². The Labute approximate surface area is 137 Å². The van der Waals surface area contributed by atoms with Gasteiger partial charge in [-0.1, -0.05) is 19.1 Å². The second-order valence-corrected chi connectivity index (χ2v) is 6.83. The van der Waals surface area contributed by atoms with Crippen LogP contribution in [0.3, 0.4) is 0 Å². The third-order valence-corrected chi connectivity index (χ3v) is 5.02. The SMILES string of the molecule is CCc1ncsc1NC(=O)c1ccccc1S[C@H](C)C(N)=O. The first kappa shape index (κ1) is 16.5. The molecule has 0 bridgehead atoms. The Morgan fingerprint density at radius 3 is 2.82 bits per heavy atom. The average molecular weight is 335 g/mol. The summed E-state index contributed by atoms with van der Waals surface area (Å²) in [5.41, 5.74) is 8.40. The van der Waals surface area contributed by atoms with Crippen LogP contribution in [-0.4, -0.2) is 22.0 Å². The molecule has 1 aromatic heterocycles. The number of hydrogen-bond acceptors (Lipinski definition) is 5. The van der Waals surface area contributed by atoms with E-state index in [1.54, 1.807) is 24.6 Å². The molecular weight excluding hydrogens is 318 g/mol. The van der Waals surface area contributed by atoms with E-state index >= 15 is 0 Å². The molecule has 0 radical (unpaired) electrons. The number of nitrogens with one attached hydrogen (secondary N) is 1. The van der Waals surface area contributed by atoms with Crippen molar-refractivity contribution >= 4 is 39.9 Å². The summed E-state index contributed by atoms with van der Waals surface area (Å²) in [7, 11) is 0. The minimum atomic E-state index is -0.407. The van der Waals surface area contributed by atoms with Crippen LogP contribution >= 0.6 is 23.1 Å². The van der Waals surface area contributed by atoms with Crippen molar-refractivity contribution in [1.82, 2.24) is 4.98 Å². The number of anilines is 1. The third kappa shape index (κ3) is 3.86. The van der Waals surface area contributed by atoms with E-state index in [1.807, 2.05) is 19.1 Å². The van der Waals surface area contributed by atoms with Crippen LogP contribution in [0.2, 0.25) is 0 Å². The van der Waals surface area contributed by atoms with Gasteiger partial charge in [-0.05, 0) is 25.5 Å². The topological polar surface area (TPSA) is 85.1 Å². The fraction of sp³-hybridized carbons (Fsp3) is 0.267. The minimum absolute atomic E-state index is 0.210. The maximum Gasteiger partial charge on any atom is 0.257 e. The number of carbonyl (C=O) groups excluding carboxylic acids is 2. The molecule has 5 nitrogen and oxygen atoms in total. The number of rotatable bonds is 6. The quantitative estimate of drug-likeness (QED) is 0.795. The third-order valence-electron chi connectivity index (χ3n) is 3.04. The van der Waals surface area contributed by atoms with Gasteiger partial charge in [0.1, 0.15) is 5.00 Å². The van der Waals surface area contributed by atoms with Crippen LogP contribution in [0.25, 0.3) is 0 Å². The Balaban J connectivity index is 2.21. The van der Waals surface area contributed by atoms with E-state index in [9.17, 15) is 9.59 Å². The summed E-state index contributed by atoms with van der Waals surface area (Å²) in [6, 6.07) is 7.17. The summed E-state index contributed by atoms with van der Waals surface area (Å²) in [6.45, 7) is 3.71. The molecule has 2 rings (SSSR count). The summed E-state index contributed by atoms with van der Waals surface area (Å²) in [5.74, 6) is -0.616. The average Bonchev–Trinajstić information content (AvgIpc) is 2.94. The van der Waals surface area contributed by atoms with Crippen LogP contribution < -0.4 is 11.1 Å². The molecule has 3 N–H and O–H groups in total. The van der Waals surface area contributed by atoms with E-state index in [4.69, 9.17) is 5.73 Å². The highest BCUT2D eigenvalue weighted by Crippen LogP contribution is 2.28. The first-order valence-electron chi connectivity index (χ1n) is 6.81. The molecule has 0 unspecified atom stereocenters. The number of aryl methyl sites for hydroxylation is 1. The standard InChI is InChI=1S/C15H17N3O2S2/c1-3-11-15(21-8-17-11)18-14(20)10-6-4-5-7-12(10)22-9(2)13(16)19/h4-9H,3H2,1-2H3,(H2,16,19)(H,18,20)/t9-/m1/s1. The first-order valence-corrected chi connectivity index (χ1v) is 8.57. The molecule has 0 aliphatic rings. The molecule has 1 aromatic carbocycles. The Kier molecular flexibility index (Phi) is 5.57. The van der Waals surface area contributed by atoms with Gasteiger partial charge < -0.3 is 11.1 Å². The van der Waals surface area contributed by atoms with Crippen molar-refractivity contribution in [3.05, 3.63) is 41.0 Å². The number of carbonyl (C=O) groups is 2. The molecule has 7 heteroatoms. The Morgan fingerprint density at radius 2 is 2.14 bits per heavy atom. The summed E-state index contributed by atoms with van der Waals surface area (Å²) in [4.78, 5) is 28.7. The number of primary amides is 1. The fourth-order valence-corrected chi connectivity index (χ4v) is 3.51. The van der Waals surface area contributed by atoms with Gasteiger partial charge in [0.15, 0.2) is 0 Å². The molecule has 2 amide bonds. The molecule has 1 heterocycles. The number of thioether (sulfide) groups is 1. The molecule has 22 heavy (non-hydrogen) atoms. The van der Waals surface area contributed by atoms with Crippen LogP contribution in [0.4, 0.5) is 5.00 Å². The fourth-order valence-electron chi connectivity index (χ4n) is 1.80. The van der Waals surface area contributed by atoms with Gasteiger partial charge in [-0.3, -0.25) is 9.59 Å². The van der Waals surface area contributed by atoms with Crippen LogP contribution in [0, 0.1) is 0 Å². The van der Waals surface area contributed by atoms with Crippen LogP contribution in [0.15, 0.2) is 34.7 Å². The zero-order chi connectivity index (χ0) is 16.1. The van der Waals surface area contributed by atoms with Crippen molar-refractivity contribution in [2.45, 2.75) is 30.4 Å². The highest BCUT2D eigenvalue weighted by atomic mass is 32.2. The van der Waals surface area contributed by atoms with Gasteiger partial charge in [0.25, 0.3) is 5.91 Å². The predicted octanol–water partition coefficient (Wildman–Crippen LogP) is 2.92. The predicted molar refractivity (Wildman–Crippen MR) is 90.4 cm³/mol. The van der Waals surface area contributed by atoms with Gasteiger partial charge in [-0.15, -0.1) is 23.1 Å². The van der Waals surface area contributed by atoms with Gasteiger partial charge in [-0.2, -0.15) is 0 Å². The van der Waals surface area contributed by atoms with Crippen LogP contribution in [0.1, 0.15) is 29.9 Å². The molecule has 0 saturated carbocycles. The number of benzene rings is 1. The summed E-state index contributed by atoms with van der Waals surface area (Å²) < 4.78 is 0. The van der Waals surface area contributed by atoms with Crippen LogP contribution in [-0.2, 0) is 11.2 Å². The second-order valence-electron chi connectivity index (χ2n) is 4.59. The molecule has 0 saturated heterocycles. The number of nitrogens with zero attached hydrogens (tertiary/aromatic N) is 1. The number of aromatic nitrogens is 1. The van der Waals surface area contributed by atoms with E-state index in [0.717, 1.165) is 22.0 Å². The monoisotopic (exact) mass is 335 g/mol. The highest BCUT2D eigenvalue weighted by molar-refractivity contribution is 8.00. The molecule has 116 valence electrons. The number of thiazole rings is 1. The summed E-state index contributed by atoms with van der Waals surface area (Å²) in [6.07, 6.45) is 0.758. The van der Waals surface area contributed by atoms with Gasteiger partial charge in [-0.25, -0.2) is 4.98 Å². The van der Waals surface area contributed by atoms with Crippen molar-refractivity contribution in [1.29, 1.82) is 0 Å². The maximum absolute atomic E-state index is 12.5. The number of hydrogen-bond donors (Lipinski definition) is 2. The van der Waals surface area contributed by atoms with Crippen molar-refractivity contribution in [2.24, 2.45) is 5.73 Å². The molecule has 0 aliphatic heterocycles. The van der Waals surface area contributed by atoms with Crippen molar-refractivity contribution < 1.29 is 9.59 Å². The largest absolute Gasteiger partial charge is 0.369 e. The Bertz CT molecular complexity index is 685. The zero-order valence-corrected chi connectivity index (χ0v) is 14.0. The second kappa shape index (κ2) is 7.42. The molecular formula is C15H17N3O2S2. The molecule has 1 atom stereocenters. The Morgan fingerprint density at radius 1 is 1.41 bits per heavy atom. The van der Waals surface area contributed by atoms with E-state index in [1.165, 1.54) is 23.1 Å². The van der Waals surface area contributed by atoms with E-state index in [-0.39, 0.29) is 5.91 Å². The van der Waals surface area contributed by atoms with E-state index in [2.05, 4.69) is 10.3 Å². The Hall–Kier alpha value is -1.86. The lowest BCUT2D eigenvalue weighted by atomic mass is 10.2. The summed E-state index contributed by atoms with van der Waals surface area (Å²) in [5, 5.41) is 3.25. The van der Waals surface area contributed by atoms with E-state index < -0.39 is 11.2 Å². The van der Waals surface area contributed by atoms with Gasteiger partial charge in [0, 0.05) is 4.90 Å². The number of amides is 2. The lowest BCUT2D eigenvalue weighted by Gasteiger charge is -2.12. The lowest BCUT2D eigenvalue weighted by molar-refractivity contribution is -0.117. The highest BCUT2D eigenvalue weighted by Gasteiger charge is 2.18. The maximum atomic E-state index is 12.5. The number of nitrogens with two attached hydrogens (primary N) is 1. The minimum Gasteiger partial charge on any atom is -0.369 e. The normalized spacial score (nSPS) is 11.9. The lowest BCUT2D eigenvalue weighted by Crippen LogP contribution is -2.23. The van der Waals surface area contributed by atoms with Gasteiger partial charge in [0.05, 0.1) is 22.0 Å². The molecule has 2 aromatic rings. The molecule has 0 fully saturated rings. The van der Waals surface area contributed by atoms with Crippen molar-refractivity contribution in [3.63, 3.8) is 0 Å². The summed E-state index contributed by atoms with van der Waals surface area (Å²) >= 11 is 2.68. The van der Waals surface area contributed by atoms with Crippen molar-refractivity contribution in [2.75, 3.05) is 5.32 Å². The van der Waals surface area contributed by atoms with Gasteiger partial charge in [0.2, 0.25) is 5.91 Å². The smallest absolute Gasteiger partial charge is 0.257 e. The van der Waals surface area contributed by atoms with Gasteiger partial charge >= 0.3 is 0 Å².